The Kier molecular flexibility index (Phi) is 7.94. The molecule has 0 bridgehead atoms. The minimum atomic E-state index is -4.12. The number of sulfonamides is 1. The van der Waals surface area contributed by atoms with Crippen molar-refractivity contribution in [2.24, 2.45) is 0 Å². The lowest BCUT2D eigenvalue weighted by atomic mass is 10.1. The zero-order chi connectivity index (χ0) is 23.1. The van der Waals surface area contributed by atoms with Crippen LogP contribution in [0, 0.1) is 6.92 Å². The van der Waals surface area contributed by atoms with E-state index in [4.69, 9.17) is 16.3 Å². The third-order valence-corrected chi connectivity index (χ3v) is 6.98. The molecular weight excluding hydrogens is 446 g/mol. The van der Waals surface area contributed by atoms with Gasteiger partial charge in [0.05, 0.1) is 10.6 Å². The van der Waals surface area contributed by atoms with E-state index in [9.17, 15) is 13.2 Å². The predicted octanol–water partition coefficient (Wildman–Crippen LogP) is 5.79. The van der Waals surface area contributed by atoms with Crippen molar-refractivity contribution in [3.8, 4) is 5.75 Å². The summed E-state index contributed by atoms with van der Waals surface area (Å²) in [4.78, 5) is 13.2. The third kappa shape index (κ3) is 5.69. The molecular formula is C25H26ClNO4S. The number of benzene rings is 3. The van der Waals surface area contributed by atoms with Gasteiger partial charge in [-0.25, -0.2) is 8.42 Å². The Bertz CT molecular complexity index is 1160. The van der Waals surface area contributed by atoms with Crippen molar-refractivity contribution in [3.63, 3.8) is 0 Å². The molecule has 5 nitrogen and oxygen atoms in total. The second-order valence-electron chi connectivity index (χ2n) is 7.44. The number of rotatable bonds is 9. The first-order valence-corrected chi connectivity index (χ1v) is 12.3. The lowest BCUT2D eigenvalue weighted by Gasteiger charge is -2.23. The van der Waals surface area contributed by atoms with Gasteiger partial charge in [-0.15, -0.1) is 0 Å². The van der Waals surface area contributed by atoms with E-state index >= 15 is 0 Å². The summed E-state index contributed by atoms with van der Waals surface area (Å²) < 4.78 is 33.2. The highest BCUT2D eigenvalue weighted by Crippen LogP contribution is 2.26. The molecule has 0 saturated carbocycles. The Balaban J connectivity index is 1.92. The highest BCUT2D eigenvalue weighted by molar-refractivity contribution is 7.93. The normalized spacial score (nSPS) is 11.2. The van der Waals surface area contributed by atoms with Gasteiger partial charge in [0.1, 0.15) is 5.75 Å². The summed E-state index contributed by atoms with van der Waals surface area (Å²) in [5, 5.41) is 0.553. The second kappa shape index (κ2) is 10.7. The van der Waals surface area contributed by atoms with Gasteiger partial charge in [0, 0.05) is 5.02 Å². The van der Waals surface area contributed by atoms with Crippen LogP contribution in [-0.2, 0) is 21.2 Å². The largest absolute Gasteiger partial charge is 0.483 e. The summed E-state index contributed by atoms with van der Waals surface area (Å²) in [5.41, 5.74) is 2.12. The fraction of sp³-hybridized carbons (Fsp3) is 0.240. The monoisotopic (exact) mass is 471 g/mol. The molecule has 168 valence electrons. The number of carbonyl (C=O) groups is 1. The van der Waals surface area contributed by atoms with Crippen LogP contribution in [0.25, 0.3) is 0 Å². The van der Waals surface area contributed by atoms with Crippen molar-refractivity contribution in [3.05, 3.63) is 88.9 Å². The van der Waals surface area contributed by atoms with Crippen LogP contribution < -0.4 is 9.04 Å². The first-order valence-electron chi connectivity index (χ1n) is 10.4. The molecule has 0 aliphatic rings. The maximum Gasteiger partial charge on any atom is 0.278 e. The number of carbonyl (C=O) groups excluding carboxylic acids is 1. The molecule has 0 fully saturated rings. The minimum absolute atomic E-state index is 0.0334. The first-order chi connectivity index (χ1) is 15.3. The molecule has 1 amide bonds. The van der Waals surface area contributed by atoms with Gasteiger partial charge in [-0.3, -0.25) is 4.79 Å². The van der Waals surface area contributed by atoms with Gasteiger partial charge in [0.15, 0.2) is 6.61 Å². The average molecular weight is 472 g/mol. The lowest BCUT2D eigenvalue weighted by Crippen LogP contribution is -2.40. The molecule has 0 spiro atoms. The molecule has 0 aliphatic carbocycles. The number of halogens is 1. The van der Waals surface area contributed by atoms with E-state index in [1.165, 1.54) is 12.1 Å². The van der Waals surface area contributed by atoms with E-state index in [2.05, 4.69) is 6.92 Å². The van der Waals surface area contributed by atoms with E-state index in [-0.39, 0.29) is 10.6 Å². The number of hydrogen-bond acceptors (Lipinski definition) is 4. The molecule has 0 heterocycles. The summed E-state index contributed by atoms with van der Waals surface area (Å²) in [6, 6.07) is 20.0. The number of unbranched alkanes of at least 4 members (excludes halogenated alkanes) is 1. The maximum absolute atomic E-state index is 13.4. The van der Waals surface area contributed by atoms with Crippen LogP contribution >= 0.6 is 11.6 Å². The SMILES string of the molecule is CCCCc1ccc(N(C(=O)COc2ccc(Cl)cc2C)S(=O)(=O)c2ccccc2)cc1. The van der Waals surface area contributed by atoms with Crippen molar-refractivity contribution >= 4 is 33.2 Å². The Morgan fingerprint density at radius 3 is 2.31 bits per heavy atom. The highest BCUT2D eigenvalue weighted by Gasteiger charge is 2.31. The number of amides is 1. The topological polar surface area (TPSA) is 63.7 Å². The quantitative estimate of drug-likeness (QED) is 0.396. The van der Waals surface area contributed by atoms with E-state index in [1.54, 1.807) is 55.5 Å². The molecule has 0 atom stereocenters. The Hall–Kier alpha value is -2.83. The van der Waals surface area contributed by atoms with E-state index < -0.39 is 22.5 Å². The van der Waals surface area contributed by atoms with Crippen LogP contribution in [0.5, 0.6) is 5.75 Å². The molecule has 3 rings (SSSR count). The van der Waals surface area contributed by atoms with Gasteiger partial charge < -0.3 is 4.74 Å². The van der Waals surface area contributed by atoms with Crippen LogP contribution in [0.4, 0.5) is 5.69 Å². The standard InChI is InChI=1S/C25H26ClNO4S/c1-3-4-8-20-11-14-22(15-12-20)27(32(29,30)23-9-6-5-7-10-23)25(28)18-31-24-16-13-21(26)17-19(24)2/h5-7,9-17H,3-4,8,18H2,1-2H3. The maximum atomic E-state index is 13.4. The molecule has 32 heavy (non-hydrogen) atoms. The van der Waals surface area contributed by atoms with Gasteiger partial charge in [-0.2, -0.15) is 4.31 Å². The zero-order valence-corrected chi connectivity index (χ0v) is 19.7. The predicted molar refractivity (Wildman–Crippen MR) is 128 cm³/mol. The van der Waals surface area contributed by atoms with Gasteiger partial charge in [-0.1, -0.05) is 55.3 Å². The Morgan fingerprint density at radius 1 is 1.00 bits per heavy atom. The number of anilines is 1. The van der Waals surface area contributed by atoms with E-state index in [0.29, 0.717) is 10.8 Å². The Morgan fingerprint density at radius 2 is 1.69 bits per heavy atom. The average Bonchev–Trinajstić information content (AvgIpc) is 2.78. The van der Waals surface area contributed by atoms with Crippen molar-refractivity contribution < 1.29 is 17.9 Å². The van der Waals surface area contributed by atoms with Crippen molar-refractivity contribution in [2.45, 2.75) is 38.0 Å². The fourth-order valence-electron chi connectivity index (χ4n) is 3.27. The molecule has 0 radical (unpaired) electrons. The molecule has 0 N–H and O–H groups in total. The number of nitrogens with zero attached hydrogens (tertiary/aromatic N) is 1. The number of ether oxygens (including phenoxy) is 1. The van der Waals surface area contributed by atoms with Crippen molar-refractivity contribution in [2.75, 3.05) is 10.9 Å². The number of hydrogen-bond donors (Lipinski definition) is 0. The zero-order valence-electron chi connectivity index (χ0n) is 18.1. The molecule has 0 unspecified atom stereocenters. The summed E-state index contributed by atoms with van der Waals surface area (Å²) >= 11 is 5.97. The summed E-state index contributed by atoms with van der Waals surface area (Å²) in [5.74, 6) is -0.223. The van der Waals surface area contributed by atoms with Crippen LogP contribution in [0.15, 0.2) is 77.7 Å². The smallest absolute Gasteiger partial charge is 0.278 e. The van der Waals surface area contributed by atoms with Gasteiger partial charge in [0.25, 0.3) is 15.9 Å². The van der Waals surface area contributed by atoms with Gasteiger partial charge in [-0.05, 0) is 73.4 Å². The summed E-state index contributed by atoms with van der Waals surface area (Å²) in [7, 11) is -4.12. The highest BCUT2D eigenvalue weighted by atomic mass is 35.5. The van der Waals surface area contributed by atoms with Crippen LogP contribution in [0.3, 0.4) is 0 Å². The number of aryl methyl sites for hydroxylation is 2. The van der Waals surface area contributed by atoms with Crippen LogP contribution in [0.2, 0.25) is 5.02 Å². The van der Waals surface area contributed by atoms with E-state index in [1.807, 2.05) is 12.1 Å². The Labute approximate surface area is 194 Å². The van der Waals surface area contributed by atoms with Crippen molar-refractivity contribution in [1.82, 2.24) is 0 Å². The minimum Gasteiger partial charge on any atom is -0.483 e. The molecule has 3 aromatic rings. The van der Waals surface area contributed by atoms with Crippen molar-refractivity contribution in [1.29, 1.82) is 0 Å². The lowest BCUT2D eigenvalue weighted by molar-refractivity contribution is -0.119. The molecule has 7 heteroatoms. The van der Waals surface area contributed by atoms with Gasteiger partial charge >= 0.3 is 0 Å². The second-order valence-corrected chi connectivity index (χ2v) is 9.67. The first kappa shape index (κ1) is 23.8. The molecule has 3 aromatic carbocycles. The van der Waals surface area contributed by atoms with Crippen LogP contribution in [-0.4, -0.2) is 20.9 Å². The fourth-order valence-corrected chi connectivity index (χ4v) is 4.93. The molecule has 0 saturated heterocycles. The summed E-state index contributed by atoms with van der Waals surface area (Å²) in [6.07, 6.45) is 3.00. The molecule has 0 aliphatic heterocycles. The summed E-state index contributed by atoms with van der Waals surface area (Å²) in [6.45, 7) is 3.48. The third-order valence-electron chi connectivity index (χ3n) is 4.99. The van der Waals surface area contributed by atoms with E-state index in [0.717, 1.165) is 34.7 Å². The molecule has 0 aromatic heterocycles. The van der Waals surface area contributed by atoms with Crippen LogP contribution in [0.1, 0.15) is 30.9 Å². The van der Waals surface area contributed by atoms with Gasteiger partial charge in [0.2, 0.25) is 0 Å².